The van der Waals surface area contributed by atoms with Gasteiger partial charge in [-0.1, -0.05) is 81.0 Å². The lowest BCUT2D eigenvalue weighted by atomic mass is 10.1. The number of methoxy groups -OCH3 is 1. The number of carbonyl (C=O) groups is 1. The third-order valence-electron chi connectivity index (χ3n) is 4.23. The summed E-state index contributed by atoms with van der Waals surface area (Å²) in [5, 5.41) is 0. The largest absolute Gasteiger partial charge is 0.469 e. The van der Waals surface area contributed by atoms with Crippen LogP contribution in [-0.2, 0) is 9.53 Å². The minimum absolute atomic E-state index is 0.101. The average Bonchev–Trinajstić information content (AvgIpc) is 2.68. The predicted octanol–water partition coefficient (Wildman–Crippen LogP) is 7.89. The van der Waals surface area contributed by atoms with E-state index in [0.29, 0.717) is 12.3 Å². The Morgan fingerprint density at radius 1 is 0.679 bits per heavy atom. The average molecular weight is 387 g/mol. The number of hydrogen-bond donors (Lipinski definition) is 0. The Balaban J connectivity index is 3.44. The molecule has 0 saturated heterocycles. The van der Waals surface area contributed by atoms with E-state index in [1.54, 1.807) is 0 Å². The van der Waals surface area contributed by atoms with Crippen molar-refractivity contribution in [3.05, 3.63) is 60.8 Å². The van der Waals surface area contributed by atoms with Crippen molar-refractivity contribution in [1.82, 2.24) is 0 Å². The molecule has 0 aromatic carbocycles. The van der Waals surface area contributed by atoms with Crippen LogP contribution >= 0.6 is 0 Å². The van der Waals surface area contributed by atoms with Crippen molar-refractivity contribution < 1.29 is 9.53 Å². The molecule has 0 spiro atoms. The quantitative estimate of drug-likeness (QED) is 0.144. The van der Waals surface area contributed by atoms with Gasteiger partial charge in [-0.2, -0.15) is 0 Å². The van der Waals surface area contributed by atoms with Gasteiger partial charge in [0, 0.05) is 6.42 Å². The summed E-state index contributed by atoms with van der Waals surface area (Å²) < 4.78 is 4.63. The maximum absolute atomic E-state index is 11.0. The third-order valence-corrected chi connectivity index (χ3v) is 4.23. The molecule has 0 aromatic heterocycles. The topological polar surface area (TPSA) is 26.3 Å². The van der Waals surface area contributed by atoms with Gasteiger partial charge < -0.3 is 4.74 Å². The van der Waals surface area contributed by atoms with Crippen LogP contribution in [-0.4, -0.2) is 13.1 Å². The van der Waals surface area contributed by atoms with Crippen molar-refractivity contribution in [2.45, 2.75) is 84.5 Å². The number of hydrogen-bond acceptors (Lipinski definition) is 2. The Kier molecular flexibility index (Phi) is 20.1. The molecule has 0 N–H and O–H groups in total. The molecule has 0 aliphatic heterocycles. The Bertz CT molecular complexity index is 493. The number of allylic oxidation sites excluding steroid dienone is 10. The predicted molar refractivity (Wildman–Crippen MR) is 123 cm³/mol. The van der Waals surface area contributed by atoms with Gasteiger partial charge in [-0.15, -0.1) is 0 Å². The smallest absolute Gasteiger partial charge is 0.305 e. The van der Waals surface area contributed by atoms with Gasteiger partial charge in [0.15, 0.2) is 0 Å². The normalized spacial score (nSPS) is 12.7. The highest BCUT2D eigenvalue weighted by atomic mass is 16.5. The van der Waals surface area contributed by atoms with Gasteiger partial charge in [0.2, 0.25) is 0 Å². The maximum atomic E-state index is 11.0. The Morgan fingerprint density at radius 2 is 1.18 bits per heavy atom. The first-order valence-electron chi connectivity index (χ1n) is 11.0. The van der Waals surface area contributed by atoms with Crippen molar-refractivity contribution >= 4 is 5.97 Å². The van der Waals surface area contributed by atoms with E-state index in [1.165, 1.54) is 26.4 Å². The van der Waals surface area contributed by atoms with Crippen LogP contribution in [0.25, 0.3) is 0 Å². The van der Waals surface area contributed by atoms with Crippen LogP contribution in [0.3, 0.4) is 0 Å². The SMILES string of the molecule is COC(=O)CCCCC/C=C\C/C=C\C/C=C\C/C=C\CCC/C=C\C(C)C. The molecule has 0 aliphatic rings. The fourth-order valence-corrected chi connectivity index (χ4v) is 2.58. The number of carbonyl (C=O) groups excluding carboxylic acids is 1. The van der Waals surface area contributed by atoms with Crippen molar-refractivity contribution in [2.75, 3.05) is 7.11 Å². The van der Waals surface area contributed by atoms with Gasteiger partial charge in [0.25, 0.3) is 0 Å². The first-order valence-corrected chi connectivity index (χ1v) is 11.0. The second kappa shape index (κ2) is 21.5. The molecular weight excluding hydrogens is 344 g/mol. The van der Waals surface area contributed by atoms with Crippen LogP contribution in [0.15, 0.2) is 60.8 Å². The van der Waals surface area contributed by atoms with Crippen LogP contribution in [0.2, 0.25) is 0 Å². The zero-order chi connectivity index (χ0) is 20.7. The highest BCUT2D eigenvalue weighted by Gasteiger charge is 1.97. The van der Waals surface area contributed by atoms with Crippen LogP contribution in [0, 0.1) is 5.92 Å². The zero-order valence-corrected chi connectivity index (χ0v) is 18.4. The van der Waals surface area contributed by atoms with E-state index in [1.807, 2.05) is 0 Å². The summed E-state index contributed by atoms with van der Waals surface area (Å²) in [5.74, 6) is 0.567. The van der Waals surface area contributed by atoms with E-state index < -0.39 is 0 Å². The van der Waals surface area contributed by atoms with E-state index in [-0.39, 0.29) is 5.97 Å². The summed E-state index contributed by atoms with van der Waals surface area (Å²) in [7, 11) is 1.45. The number of ether oxygens (including phenoxy) is 1. The molecule has 0 radical (unpaired) electrons. The highest BCUT2D eigenvalue weighted by Crippen LogP contribution is 2.05. The van der Waals surface area contributed by atoms with E-state index in [9.17, 15) is 4.79 Å². The minimum Gasteiger partial charge on any atom is -0.469 e. The summed E-state index contributed by atoms with van der Waals surface area (Å²) in [5.41, 5.74) is 0. The molecule has 0 bridgehead atoms. The molecule has 0 heterocycles. The fourth-order valence-electron chi connectivity index (χ4n) is 2.58. The molecule has 2 nitrogen and oxygen atoms in total. The van der Waals surface area contributed by atoms with Crippen molar-refractivity contribution in [1.29, 1.82) is 0 Å². The molecule has 0 aliphatic carbocycles. The lowest BCUT2D eigenvalue weighted by molar-refractivity contribution is -0.140. The molecule has 0 saturated carbocycles. The van der Waals surface area contributed by atoms with Gasteiger partial charge in [-0.3, -0.25) is 4.79 Å². The summed E-state index contributed by atoms with van der Waals surface area (Å²) in [6, 6.07) is 0. The van der Waals surface area contributed by atoms with Crippen LogP contribution in [0.1, 0.15) is 84.5 Å². The lowest BCUT2D eigenvalue weighted by Gasteiger charge is -1.98. The Morgan fingerprint density at radius 3 is 1.71 bits per heavy atom. The summed E-state index contributed by atoms with van der Waals surface area (Å²) in [6.45, 7) is 4.43. The molecule has 0 unspecified atom stereocenters. The lowest BCUT2D eigenvalue weighted by Crippen LogP contribution is -1.98. The molecule has 0 fully saturated rings. The minimum atomic E-state index is -0.101. The summed E-state index contributed by atoms with van der Waals surface area (Å²) >= 11 is 0. The zero-order valence-electron chi connectivity index (χ0n) is 18.4. The van der Waals surface area contributed by atoms with E-state index in [2.05, 4.69) is 79.3 Å². The van der Waals surface area contributed by atoms with Crippen LogP contribution in [0.5, 0.6) is 0 Å². The fraction of sp³-hybridized carbons (Fsp3) is 0.577. The second-order valence-corrected chi connectivity index (χ2v) is 7.37. The first kappa shape index (κ1) is 26.2. The van der Waals surface area contributed by atoms with E-state index in [4.69, 9.17) is 0 Å². The molecule has 28 heavy (non-hydrogen) atoms. The third kappa shape index (κ3) is 22.2. The van der Waals surface area contributed by atoms with E-state index >= 15 is 0 Å². The van der Waals surface area contributed by atoms with Gasteiger partial charge in [0.05, 0.1) is 7.11 Å². The molecule has 0 rings (SSSR count). The Labute approximate surface area is 174 Å². The van der Waals surface area contributed by atoms with Crippen LogP contribution < -0.4 is 0 Å². The van der Waals surface area contributed by atoms with Crippen molar-refractivity contribution in [2.24, 2.45) is 5.92 Å². The number of rotatable bonds is 17. The Hall–Kier alpha value is -1.83. The second-order valence-electron chi connectivity index (χ2n) is 7.37. The monoisotopic (exact) mass is 386 g/mol. The number of esters is 1. The van der Waals surface area contributed by atoms with Crippen molar-refractivity contribution in [3.8, 4) is 0 Å². The van der Waals surface area contributed by atoms with E-state index in [0.717, 1.165) is 44.9 Å². The molecule has 2 heteroatoms. The standard InChI is InChI=1S/C26H42O2/c1-25(2)23-21-19-17-15-13-11-9-7-5-4-6-8-10-12-14-16-18-20-22-24-26(27)28-3/h5-8,11-14,21,23,25H,4,9-10,15-20,22,24H2,1-3H3/b7-5-,8-6-,13-11-,14-12-,23-21-. The van der Waals surface area contributed by atoms with Crippen molar-refractivity contribution in [3.63, 3.8) is 0 Å². The van der Waals surface area contributed by atoms with Gasteiger partial charge in [-0.25, -0.2) is 0 Å². The molecule has 158 valence electrons. The summed E-state index contributed by atoms with van der Waals surface area (Å²) in [4.78, 5) is 11.0. The highest BCUT2D eigenvalue weighted by molar-refractivity contribution is 5.68. The molecular formula is C26H42O2. The first-order chi connectivity index (χ1) is 13.7. The molecule has 0 amide bonds. The van der Waals surface area contributed by atoms with Gasteiger partial charge in [0.1, 0.15) is 0 Å². The number of unbranched alkanes of at least 4 members (excludes halogenated alkanes) is 5. The molecule has 0 atom stereocenters. The maximum Gasteiger partial charge on any atom is 0.305 e. The van der Waals surface area contributed by atoms with Gasteiger partial charge >= 0.3 is 5.97 Å². The van der Waals surface area contributed by atoms with Crippen LogP contribution in [0.4, 0.5) is 0 Å². The summed E-state index contributed by atoms with van der Waals surface area (Å²) in [6.07, 6.45) is 34.0. The molecule has 0 aromatic rings. The van der Waals surface area contributed by atoms with Gasteiger partial charge in [-0.05, 0) is 63.7 Å².